The minimum atomic E-state index is -0.214. The zero-order valence-electron chi connectivity index (χ0n) is 15.5. The van der Waals surface area contributed by atoms with Crippen molar-refractivity contribution in [3.05, 3.63) is 64.4 Å². The van der Waals surface area contributed by atoms with E-state index in [9.17, 15) is 4.79 Å². The number of ether oxygens (including phenoxy) is 1. The van der Waals surface area contributed by atoms with E-state index < -0.39 is 0 Å². The smallest absolute Gasteiger partial charge is 0.234 e. The van der Waals surface area contributed by atoms with Crippen LogP contribution in [0.1, 0.15) is 17.0 Å². The zero-order chi connectivity index (χ0) is 20.1. The Morgan fingerprint density at radius 2 is 1.93 bits per heavy atom. The van der Waals surface area contributed by atoms with Gasteiger partial charge in [-0.15, -0.1) is 10.2 Å². The molecule has 0 radical (unpaired) electrons. The number of anilines is 1. The fourth-order valence-corrected chi connectivity index (χ4v) is 3.41. The lowest BCUT2D eigenvalue weighted by Gasteiger charge is -2.08. The van der Waals surface area contributed by atoms with Crippen LogP contribution < -0.4 is 15.9 Å². The average Bonchev–Trinajstić information content (AvgIpc) is 2.99. The van der Waals surface area contributed by atoms with E-state index in [1.165, 1.54) is 16.4 Å². The maximum Gasteiger partial charge on any atom is 0.234 e. The summed E-state index contributed by atoms with van der Waals surface area (Å²) in [6.45, 7) is 4.19. The molecule has 0 aliphatic carbocycles. The Morgan fingerprint density at radius 3 is 2.64 bits per heavy atom. The van der Waals surface area contributed by atoms with Gasteiger partial charge in [-0.3, -0.25) is 4.79 Å². The first kappa shape index (κ1) is 20.0. The van der Waals surface area contributed by atoms with Crippen LogP contribution in [0.15, 0.2) is 47.6 Å². The summed E-state index contributed by atoms with van der Waals surface area (Å²) >= 11 is 7.22. The Balaban J connectivity index is 1.55. The van der Waals surface area contributed by atoms with Gasteiger partial charge in [-0.25, -0.2) is 4.68 Å². The number of hydrogen-bond acceptors (Lipinski definition) is 6. The molecule has 3 rings (SSSR count). The van der Waals surface area contributed by atoms with Gasteiger partial charge in [-0.05, 0) is 49.2 Å². The fraction of sp³-hybridized carbons (Fsp3) is 0.211. The Hall–Kier alpha value is -2.71. The van der Waals surface area contributed by atoms with Crippen molar-refractivity contribution in [2.45, 2.75) is 25.6 Å². The van der Waals surface area contributed by atoms with Gasteiger partial charge >= 0.3 is 0 Å². The van der Waals surface area contributed by atoms with E-state index in [2.05, 4.69) is 21.6 Å². The van der Waals surface area contributed by atoms with E-state index >= 15 is 0 Å². The fourth-order valence-electron chi connectivity index (χ4n) is 2.55. The molecule has 1 heterocycles. The van der Waals surface area contributed by atoms with Crippen molar-refractivity contribution >= 4 is 35.0 Å². The van der Waals surface area contributed by atoms with E-state index in [0.717, 1.165) is 16.9 Å². The summed E-state index contributed by atoms with van der Waals surface area (Å²) in [5.74, 6) is 7.15. The van der Waals surface area contributed by atoms with Gasteiger partial charge in [0.1, 0.15) is 12.4 Å². The molecule has 0 aliphatic rings. The molecule has 0 aliphatic heterocycles. The molecule has 28 heavy (non-hydrogen) atoms. The molecule has 1 amide bonds. The predicted molar refractivity (Wildman–Crippen MR) is 111 cm³/mol. The molecule has 3 N–H and O–H groups in total. The third-order valence-electron chi connectivity index (χ3n) is 3.78. The monoisotopic (exact) mass is 417 g/mol. The molecule has 146 valence electrons. The summed E-state index contributed by atoms with van der Waals surface area (Å²) in [6, 6.07) is 13.0. The largest absolute Gasteiger partial charge is 0.486 e. The minimum Gasteiger partial charge on any atom is -0.486 e. The topological polar surface area (TPSA) is 95.1 Å². The summed E-state index contributed by atoms with van der Waals surface area (Å²) in [7, 11) is 0. The highest BCUT2D eigenvalue weighted by Crippen LogP contribution is 2.22. The van der Waals surface area contributed by atoms with Crippen LogP contribution in [0, 0.1) is 13.8 Å². The zero-order valence-corrected chi connectivity index (χ0v) is 17.0. The molecule has 0 spiro atoms. The van der Waals surface area contributed by atoms with Crippen LogP contribution in [0.5, 0.6) is 5.75 Å². The first-order chi connectivity index (χ1) is 13.4. The maximum atomic E-state index is 12.1. The number of rotatable bonds is 7. The van der Waals surface area contributed by atoms with Gasteiger partial charge in [-0.2, -0.15) is 0 Å². The quantitative estimate of drug-likeness (QED) is 0.450. The predicted octanol–water partition coefficient (Wildman–Crippen LogP) is 3.57. The van der Waals surface area contributed by atoms with Crippen LogP contribution in [0.3, 0.4) is 0 Å². The Morgan fingerprint density at radius 1 is 1.21 bits per heavy atom. The average molecular weight is 418 g/mol. The second-order valence-electron chi connectivity index (χ2n) is 6.20. The number of thioether (sulfide) groups is 1. The normalized spacial score (nSPS) is 10.7. The lowest BCUT2D eigenvalue weighted by atomic mass is 10.1. The van der Waals surface area contributed by atoms with Crippen molar-refractivity contribution in [1.29, 1.82) is 0 Å². The van der Waals surface area contributed by atoms with Crippen molar-refractivity contribution in [3.8, 4) is 5.75 Å². The first-order valence-corrected chi connectivity index (χ1v) is 9.86. The molecular weight excluding hydrogens is 398 g/mol. The summed E-state index contributed by atoms with van der Waals surface area (Å²) in [4.78, 5) is 12.1. The Bertz CT molecular complexity index is 972. The van der Waals surface area contributed by atoms with Crippen LogP contribution in [0.2, 0.25) is 5.02 Å². The lowest BCUT2D eigenvalue weighted by Crippen LogP contribution is -2.18. The lowest BCUT2D eigenvalue weighted by molar-refractivity contribution is -0.113. The minimum absolute atomic E-state index is 0.124. The molecule has 0 bridgehead atoms. The number of aryl methyl sites for hydroxylation is 2. The van der Waals surface area contributed by atoms with Crippen molar-refractivity contribution < 1.29 is 9.53 Å². The Labute approximate surface area is 172 Å². The van der Waals surface area contributed by atoms with E-state index in [4.69, 9.17) is 22.2 Å². The highest BCUT2D eigenvalue weighted by molar-refractivity contribution is 7.99. The van der Waals surface area contributed by atoms with Gasteiger partial charge in [0, 0.05) is 0 Å². The van der Waals surface area contributed by atoms with E-state index in [1.54, 1.807) is 24.3 Å². The molecule has 1 aromatic heterocycles. The third-order valence-corrected chi connectivity index (χ3v) is 5.05. The molecule has 0 saturated heterocycles. The van der Waals surface area contributed by atoms with Gasteiger partial charge < -0.3 is 15.9 Å². The maximum absolute atomic E-state index is 12.1. The number of aromatic nitrogens is 3. The molecule has 0 fully saturated rings. The standard InChI is InChI=1S/C19H20ClN5O2S/c1-12-7-13(2)9-14(8-12)27-10-17-23-24-19(25(17)21)28-11-18(26)22-16-6-4-3-5-15(16)20/h3-9H,10-11,21H2,1-2H3,(H,22,26). The van der Waals surface area contributed by atoms with Crippen LogP contribution >= 0.6 is 23.4 Å². The number of carbonyl (C=O) groups is 1. The van der Waals surface area contributed by atoms with Crippen molar-refractivity contribution in [3.63, 3.8) is 0 Å². The number of nitrogen functional groups attached to an aromatic ring is 1. The van der Waals surface area contributed by atoms with Gasteiger partial charge in [0.2, 0.25) is 11.1 Å². The number of nitrogens with zero attached hydrogens (tertiary/aromatic N) is 3. The second kappa shape index (κ2) is 8.99. The number of halogens is 1. The molecule has 3 aromatic rings. The summed E-state index contributed by atoms with van der Waals surface area (Å²) in [5, 5.41) is 11.7. The van der Waals surface area contributed by atoms with Gasteiger partial charge in [0.05, 0.1) is 16.5 Å². The molecule has 0 unspecified atom stereocenters. The number of amides is 1. The van der Waals surface area contributed by atoms with E-state index in [0.29, 0.717) is 21.7 Å². The number of nitrogens with one attached hydrogen (secondary N) is 1. The van der Waals surface area contributed by atoms with Crippen LogP contribution in [0.25, 0.3) is 0 Å². The summed E-state index contributed by atoms with van der Waals surface area (Å²) < 4.78 is 7.09. The number of para-hydroxylation sites is 1. The highest BCUT2D eigenvalue weighted by Gasteiger charge is 2.13. The molecule has 9 heteroatoms. The van der Waals surface area contributed by atoms with Gasteiger partial charge in [0.25, 0.3) is 0 Å². The number of nitrogens with two attached hydrogens (primary N) is 1. The van der Waals surface area contributed by atoms with Crippen LogP contribution in [0.4, 0.5) is 5.69 Å². The van der Waals surface area contributed by atoms with Gasteiger partial charge in [0.15, 0.2) is 5.82 Å². The van der Waals surface area contributed by atoms with E-state index in [1.807, 2.05) is 26.0 Å². The molecule has 0 saturated carbocycles. The molecule has 2 aromatic carbocycles. The van der Waals surface area contributed by atoms with Crippen molar-refractivity contribution in [2.75, 3.05) is 16.9 Å². The number of carbonyl (C=O) groups excluding carboxylic acids is 1. The first-order valence-electron chi connectivity index (χ1n) is 8.50. The summed E-state index contributed by atoms with van der Waals surface area (Å²) in [5.41, 5.74) is 2.79. The van der Waals surface area contributed by atoms with Gasteiger partial charge in [-0.1, -0.05) is 41.6 Å². The molecule has 0 atom stereocenters. The van der Waals surface area contributed by atoms with Crippen LogP contribution in [-0.4, -0.2) is 26.5 Å². The number of hydrogen-bond donors (Lipinski definition) is 2. The second-order valence-corrected chi connectivity index (χ2v) is 7.55. The SMILES string of the molecule is Cc1cc(C)cc(OCc2nnc(SCC(=O)Nc3ccccc3Cl)n2N)c1. The van der Waals surface area contributed by atoms with Crippen molar-refractivity contribution in [2.24, 2.45) is 0 Å². The third kappa shape index (κ3) is 5.17. The Kier molecular flexibility index (Phi) is 6.43. The van der Waals surface area contributed by atoms with Crippen LogP contribution in [-0.2, 0) is 11.4 Å². The molecular formula is C19H20ClN5O2S. The van der Waals surface area contributed by atoms with E-state index in [-0.39, 0.29) is 18.3 Å². The van der Waals surface area contributed by atoms with Crippen molar-refractivity contribution in [1.82, 2.24) is 14.9 Å². The molecule has 7 nitrogen and oxygen atoms in total. The summed E-state index contributed by atoms with van der Waals surface area (Å²) in [6.07, 6.45) is 0. The highest BCUT2D eigenvalue weighted by atomic mass is 35.5. The number of benzene rings is 2.